The number of rotatable bonds is 3. The van der Waals surface area contributed by atoms with Crippen molar-refractivity contribution in [3.8, 4) is 0 Å². The van der Waals surface area contributed by atoms with E-state index in [0.717, 1.165) is 19.4 Å². The molecule has 116 valence electrons. The van der Waals surface area contributed by atoms with Gasteiger partial charge in [0, 0.05) is 22.5 Å². The van der Waals surface area contributed by atoms with E-state index in [2.05, 4.69) is 10.6 Å². The van der Waals surface area contributed by atoms with Gasteiger partial charge in [-0.05, 0) is 62.3 Å². The summed E-state index contributed by atoms with van der Waals surface area (Å²) >= 11 is -0.164. The molecule has 2 N–H and O–H groups in total. The smallest absolute Gasteiger partial charge is 0.326 e. The van der Waals surface area contributed by atoms with Crippen LogP contribution in [0.15, 0.2) is 29.2 Å². The standard InChI is InChI=1S/C14H17F3N2OS/c1-9-8-10(6-7-18-9)13(20)19-11-2-4-12(5-3-11)21-14(15,16)17/h2-5,9-10,18H,6-8H2,1H3,(H,19,20). The molecule has 0 aliphatic carbocycles. The fourth-order valence-electron chi connectivity index (χ4n) is 2.35. The van der Waals surface area contributed by atoms with Crippen LogP contribution >= 0.6 is 11.8 Å². The molecule has 0 aromatic heterocycles. The van der Waals surface area contributed by atoms with Gasteiger partial charge in [-0.3, -0.25) is 4.79 Å². The highest BCUT2D eigenvalue weighted by molar-refractivity contribution is 8.00. The normalized spacial score (nSPS) is 22.9. The van der Waals surface area contributed by atoms with Crippen molar-refractivity contribution in [1.29, 1.82) is 0 Å². The van der Waals surface area contributed by atoms with Crippen LogP contribution in [0.3, 0.4) is 0 Å². The van der Waals surface area contributed by atoms with Crippen LogP contribution in [0, 0.1) is 5.92 Å². The number of alkyl halides is 3. The zero-order valence-corrected chi connectivity index (χ0v) is 12.4. The Balaban J connectivity index is 1.92. The highest BCUT2D eigenvalue weighted by Gasteiger charge is 2.29. The number of carbonyl (C=O) groups is 1. The lowest BCUT2D eigenvalue weighted by Crippen LogP contribution is -2.40. The second kappa shape index (κ2) is 6.70. The van der Waals surface area contributed by atoms with Crippen molar-refractivity contribution < 1.29 is 18.0 Å². The molecule has 2 unspecified atom stereocenters. The van der Waals surface area contributed by atoms with E-state index in [4.69, 9.17) is 0 Å². The Bertz CT molecular complexity index is 490. The summed E-state index contributed by atoms with van der Waals surface area (Å²) in [5, 5.41) is 6.04. The lowest BCUT2D eigenvalue weighted by atomic mass is 9.92. The molecule has 1 amide bonds. The Hall–Kier alpha value is -1.21. The third-order valence-electron chi connectivity index (χ3n) is 3.35. The van der Waals surface area contributed by atoms with Crippen LogP contribution in [0.5, 0.6) is 0 Å². The van der Waals surface area contributed by atoms with Gasteiger partial charge in [0.05, 0.1) is 0 Å². The third kappa shape index (κ3) is 5.24. The Labute approximate surface area is 125 Å². The summed E-state index contributed by atoms with van der Waals surface area (Å²) in [6.45, 7) is 2.84. The molecule has 2 rings (SSSR count). The van der Waals surface area contributed by atoms with Crippen molar-refractivity contribution in [2.24, 2.45) is 5.92 Å². The Morgan fingerprint density at radius 3 is 2.57 bits per heavy atom. The summed E-state index contributed by atoms with van der Waals surface area (Å²) in [4.78, 5) is 12.2. The largest absolute Gasteiger partial charge is 0.446 e. The molecule has 1 heterocycles. The zero-order valence-electron chi connectivity index (χ0n) is 11.5. The molecular formula is C14H17F3N2OS. The van der Waals surface area contributed by atoms with Crippen LogP contribution in [-0.2, 0) is 4.79 Å². The van der Waals surface area contributed by atoms with Gasteiger partial charge in [-0.25, -0.2) is 0 Å². The lowest BCUT2D eigenvalue weighted by molar-refractivity contribution is -0.120. The zero-order chi connectivity index (χ0) is 15.5. The summed E-state index contributed by atoms with van der Waals surface area (Å²) < 4.78 is 36.7. The van der Waals surface area contributed by atoms with Gasteiger partial charge in [0.25, 0.3) is 0 Å². The maximum atomic E-state index is 12.2. The number of thioether (sulfide) groups is 1. The van der Waals surface area contributed by atoms with E-state index >= 15 is 0 Å². The van der Waals surface area contributed by atoms with Crippen LogP contribution in [0.1, 0.15) is 19.8 Å². The average Bonchev–Trinajstić information content (AvgIpc) is 2.39. The number of anilines is 1. The van der Waals surface area contributed by atoms with Crippen LogP contribution in [0.4, 0.5) is 18.9 Å². The van der Waals surface area contributed by atoms with E-state index in [9.17, 15) is 18.0 Å². The monoisotopic (exact) mass is 318 g/mol. The van der Waals surface area contributed by atoms with Crippen LogP contribution in [0.25, 0.3) is 0 Å². The van der Waals surface area contributed by atoms with E-state index in [1.165, 1.54) is 24.3 Å². The summed E-state index contributed by atoms with van der Waals surface area (Å²) in [6, 6.07) is 6.02. The Morgan fingerprint density at radius 2 is 2.00 bits per heavy atom. The van der Waals surface area contributed by atoms with Crippen molar-refractivity contribution in [1.82, 2.24) is 5.32 Å². The van der Waals surface area contributed by atoms with Gasteiger partial charge < -0.3 is 10.6 Å². The summed E-state index contributed by atoms with van der Waals surface area (Å²) in [5.74, 6) is -0.120. The summed E-state index contributed by atoms with van der Waals surface area (Å²) in [7, 11) is 0. The molecule has 1 aliphatic rings. The number of halogens is 3. The molecule has 3 nitrogen and oxygen atoms in total. The average molecular weight is 318 g/mol. The van der Waals surface area contributed by atoms with Gasteiger partial charge in [-0.2, -0.15) is 13.2 Å². The predicted octanol–water partition coefficient (Wildman–Crippen LogP) is 3.63. The van der Waals surface area contributed by atoms with Crippen LogP contribution < -0.4 is 10.6 Å². The molecule has 1 aliphatic heterocycles. The lowest BCUT2D eigenvalue weighted by Gasteiger charge is -2.27. The van der Waals surface area contributed by atoms with Gasteiger partial charge in [0.15, 0.2) is 0 Å². The van der Waals surface area contributed by atoms with E-state index in [-0.39, 0.29) is 28.5 Å². The molecule has 0 radical (unpaired) electrons. The minimum Gasteiger partial charge on any atom is -0.326 e. The van der Waals surface area contributed by atoms with E-state index in [0.29, 0.717) is 11.7 Å². The van der Waals surface area contributed by atoms with Gasteiger partial charge in [0.1, 0.15) is 0 Å². The van der Waals surface area contributed by atoms with Crippen LogP contribution in [-0.4, -0.2) is 24.0 Å². The summed E-state index contributed by atoms with van der Waals surface area (Å²) in [6.07, 6.45) is 1.55. The molecule has 1 saturated heterocycles. The van der Waals surface area contributed by atoms with Crippen molar-refractivity contribution in [3.05, 3.63) is 24.3 Å². The first-order valence-electron chi connectivity index (χ1n) is 6.73. The first kappa shape index (κ1) is 16.2. The molecule has 1 aromatic rings. The SMILES string of the molecule is CC1CC(C(=O)Nc2ccc(SC(F)(F)F)cc2)CCN1. The van der Waals surface area contributed by atoms with Gasteiger partial charge in [0.2, 0.25) is 5.91 Å². The predicted molar refractivity (Wildman–Crippen MR) is 77.2 cm³/mol. The number of hydrogen-bond acceptors (Lipinski definition) is 3. The fourth-order valence-corrected chi connectivity index (χ4v) is 2.89. The molecule has 1 fully saturated rings. The molecule has 7 heteroatoms. The minimum absolute atomic E-state index is 0.0505. The van der Waals surface area contributed by atoms with Crippen LogP contribution in [0.2, 0.25) is 0 Å². The first-order valence-corrected chi connectivity index (χ1v) is 7.55. The highest BCUT2D eigenvalue weighted by Crippen LogP contribution is 2.37. The quantitative estimate of drug-likeness (QED) is 0.836. The number of hydrogen-bond donors (Lipinski definition) is 2. The minimum atomic E-state index is -4.30. The molecule has 2 atom stereocenters. The van der Waals surface area contributed by atoms with E-state index in [1.807, 2.05) is 6.92 Å². The topological polar surface area (TPSA) is 41.1 Å². The van der Waals surface area contributed by atoms with Gasteiger partial charge in [-0.15, -0.1) is 0 Å². The van der Waals surface area contributed by atoms with Gasteiger partial charge in [-0.1, -0.05) is 0 Å². The van der Waals surface area contributed by atoms with Crippen molar-refractivity contribution in [2.75, 3.05) is 11.9 Å². The molecule has 0 bridgehead atoms. The highest BCUT2D eigenvalue weighted by atomic mass is 32.2. The molecular weight excluding hydrogens is 301 g/mol. The number of benzene rings is 1. The number of piperidine rings is 1. The number of carbonyl (C=O) groups excluding carboxylic acids is 1. The van der Waals surface area contributed by atoms with E-state index in [1.54, 1.807) is 0 Å². The molecule has 1 aromatic carbocycles. The van der Waals surface area contributed by atoms with Crippen molar-refractivity contribution >= 4 is 23.4 Å². The molecule has 0 saturated carbocycles. The number of amides is 1. The van der Waals surface area contributed by atoms with Crippen molar-refractivity contribution in [2.45, 2.75) is 36.2 Å². The summed E-state index contributed by atoms with van der Waals surface area (Å²) in [5.41, 5.74) is -3.77. The van der Waals surface area contributed by atoms with Gasteiger partial charge >= 0.3 is 5.51 Å². The fraction of sp³-hybridized carbons (Fsp3) is 0.500. The second-order valence-electron chi connectivity index (χ2n) is 5.14. The number of nitrogens with one attached hydrogen (secondary N) is 2. The second-order valence-corrected chi connectivity index (χ2v) is 6.28. The maximum absolute atomic E-state index is 12.2. The Kier molecular flexibility index (Phi) is 5.16. The van der Waals surface area contributed by atoms with E-state index < -0.39 is 5.51 Å². The maximum Gasteiger partial charge on any atom is 0.446 e. The Morgan fingerprint density at radius 1 is 1.33 bits per heavy atom. The van der Waals surface area contributed by atoms with Crippen molar-refractivity contribution in [3.63, 3.8) is 0 Å². The molecule has 0 spiro atoms. The molecule has 21 heavy (non-hydrogen) atoms. The third-order valence-corrected chi connectivity index (χ3v) is 4.09. The first-order chi connectivity index (χ1) is 9.83.